The van der Waals surface area contributed by atoms with Crippen molar-refractivity contribution in [2.45, 2.75) is 39.7 Å². The van der Waals surface area contributed by atoms with Gasteiger partial charge >= 0.3 is 0 Å². The molecule has 1 heterocycles. The number of pyridine rings is 1. The van der Waals surface area contributed by atoms with Crippen LogP contribution in [-0.4, -0.2) is 30.1 Å². The molecule has 36 heavy (non-hydrogen) atoms. The molecule has 1 atom stereocenters. The van der Waals surface area contributed by atoms with E-state index in [1.807, 2.05) is 49.4 Å². The number of anilines is 1. The van der Waals surface area contributed by atoms with Crippen molar-refractivity contribution in [2.24, 2.45) is 4.99 Å². The number of carbonyl (C=O) groups excluding carboxylic acids is 1. The van der Waals surface area contributed by atoms with Crippen molar-refractivity contribution in [2.75, 3.05) is 18.9 Å². The number of aliphatic imine (C=N–C) groups is 1. The second-order valence-corrected chi connectivity index (χ2v) is 8.38. The highest BCUT2D eigenvalue weighted by Crippen LogP contribution is 2.18. The van der Waals surface area contributed by atoms with Gasteiger partial charge in [0.2, 0.25) is 0 Å². The number of Topliss-reactive ketones (excluding diaryl/α,β-unsaturated/α-hetero) is 1. The SMILES string of the molecule is C=C/C=C\C(=C/C)CCCNC(=C)/C(=C/C(=NC)c1cccc(NC(C)c2ccccc2)n1)C(C)=O. The summed E-state index contributed by atoms with van der Waals surface area (Å²) < 4.78 is 0. The molecule has 1 aromatic heterocycles. The molecule has 2 N–H and O–H groups in total. The fourth-order valence-electron chi connectivity index (χ4n) is 3.64. The van der Waals surface area contributed by atoms with Gasteiger partial charge < -0.3 is 10.6 Å². The summed E-state index contributed by atoms with van der Waals surface area (Å²) in [5.74, 6) is 0.661. The van der Waals surface area contributed by atoms with E-state index in [4.69, 9.17) is 4.98 Å². The molecule has 0 amide bonds. The van der Waals surface area contributed by atoms with E-state index in [9.17, 15) is 4.79 Å². The zero-order valence-corrected chi connectivity index (χ0v) is 21.9. The fraction of sp³-hybridized carbons (Fsp3) is 0.258. The number of benzene rings is 1. The molecule has 0 aliphatic heterocycles. The molecular formula is C31H38N4O. The summed E-state index contributed by atoms with van der Waals surface area (Å²) in [6, 6.07) is 16.1. The summed E-state index contributed by atoms with van der Waals surface area (Å²) in [6.45, 7) is 14.2. The van der Waals surface area contributed by atoms with E-state index < -0.39 is 0 Å². The molecule has 0 saturated heterocycles. The van der Waals surface area contributed by atoms with Crippen LogP contribution in [0.2, 0.25) is 0 Å². The first kappa shape index (κ1) is 28.2. The number of hydrogen-bond donors (Lipinski definition) is 2. The average molecular weight is 483 g/mol. The highest BCUT2D eigenvalue weighted by atomic mass is 16.1. The standard InChI is InChI=1S/C31H38N4O/c1-7-9-15-26(8-2)16-14-21-33-24(4)28(25(5)36)22-30(32-6)29-19-13-20-31(35-29)34-23(3)27-17-11-10-12-18-27/h7-13,15,17-20,22-23,33H,1,4,14,16,21H2,2-3,5-6H3,(H,34,35)/b15-9-,26-8+,28-22-,32-30?. The van der Waals surface area contributed by atoms with Gasteiger partial charge in [0.1, 0.15) is 5.82 Å². The summed E-state index contributed by atoms with van der Waals surface area (Å²) in [4.78, 5) is 21.6. The molecule has 0 aliphatic carbocycles. The van der Waals surface area contributed by atoms with Gasteiger partial charge in [-0.25, -0.2) is 4.98 Å². The highest BCUT2D eigenvalue weighted by Gasteiger charge is 2.13. The molecule has 0 fully saturated rings. The molecule has 5 heteroatoms. The van der Waals surface area contributed by atoms with E-state index in [0.29, 0.717) is 29.2 Å². The molecule has 0 spiro atoms. The first-order valence-electron chi connectivity index (χ1n) is 12.2. The van der Waals surface area contributed by atoms with Gasteiger partial charge in [0.05, 0.1) is 11.4 Å². The average Bonchev–Trinajstić information content (AvgIpc) is 2.89. The zero-order chi connectivity index (χ0) is 26.3. The lowest BCUT2D eigenvalue weighted by molar-refractivity contribution is -0.113. The quantitative estimate of drug-likeness (QED) is 0.135. The Balaban J connectivity index is 2.10. The van der Waals surface area contributed by atoms with Gasteiger partial charge in [0.15, 0.2) is 5.78 Å². The van der Waals surface area contributed by atoms with Crippen LogP contribution in [0.3, 0.4) is 0 Å². The third-order valence-electron chi connectivity index (χ3n) is 5.70. The summed E-state index contributed by atoms with van der Waals surface area (Å²) in [7, 11) is 1.70. The second kappa shape index (κ2) is 15.1. The molecule has 2 aromatic rings. The Hall–Kier alpha value is -3.99. The topological polar surface area (TPSA) is 66.4 Å². The number of carbonyl (C=O) groups is 1. The van der Waals surface area contributed by atoms with Gasteiger partial charge in [0, 0.05) is 30.9 Å². The maximum Gasteiger partial charge on any atom is 0.161 e. The van der Waals surface area contributed by atoms with Crippen molar-refractivity contribution in [3.63, 3.8) is 0 Å². The van der Waals surface area contributed by atoms with Crippen molar-refractivity contribution in [1.29, 1.82) is 0 Å². The largest absolute Gasteiger partial charge is 0.385 e. The number of nitrogens with zero attached hydrogens (tertiary/aromatic N) is 2. The molecule has 0 radical (unpaired) electrons. The van der Waals surface area contributed by atoms with Crippen LogP contribution in [0, 0.1) is 0 Å². The Bertz CT molecular complexity index is 1160. The van der Waals surface area contributed by atoms with Gasteiger partial charge in [-0.3, -0.25) is 9.79 Å². The normalized spacial score (nSPS) is 13.4. The third kappa shape index (κ3) is 8.99. The molecule has 5 nitrogen and oxygen atoms in total. The number of rotatable bonds is 14. The van der Waals surface area contributed by atoms with Crippen molar-refractivity contribution in [3.8, 4) is 0 Å². The number of hydrogen-bond acceptors (Lipinski definition) is 5. The lowest BCUT2D eigenvalue weighted by Crippen LogP contribution is -2.19. The molecule has 188 valence electrons. The Kier molecular flexibility index (Phi) is 11.8. The van der Waals surface area contributed by atoms with Crippen molar-refractivity contribution in [1.82, 2.24) is 10.3 Å². The molecule has 0 bridgehead atoms. The molecule has 2 rings (SSSR count). The van der Waals surface area contributed by atoms with Gasteiger partial charge in [-0.1, -0.05) is 79.4 Å². The minimum absolute atomic E-state index is 0.0799. The van der Waals surface area contributed by atoms with Crippen molar-refractivity contribution in [3.05, 3.63) is 120 Å². The van der Waals surface area contributed by atoms with E-state index in [1.54, 1.807) is 19.2 Å². The Morgan fingerprint density at radius 1 is 1.17 bits per heavy atom. The fourth-order valence-corrected chi connectivity index (χ4v) is 3.64. The molecular weight excluding hydrogens is 444 g/mol. The first-order chi connectivity index (χ1) is 17.4. The minimum Gasteiger partial charge on any atom is -0.385 e. The predicted molar refractivity (Wildman–Crippen MR) is 153 cm³/mol. The van der Waals surface area contributed by atoms with Gasteiger partial charge in [-0.15, -0.1) is 0 Å². The molecule has 0 aliphatic rings. The number of ketones is 1. The lowest BCUT2D eigenvalue weighted by Gasteiger charge is -2.16. The van der Waals surface area contributed by atoms with Crippen LogP contribution in [0.5, 0.6) is 0 Å². The van der Waals surface area contributed by atoms with Crippen LogP contribution >= 0.6 is 0 Å². The van der Waals surface area contributed by atoms with Gasteiger partial charge in [0.25, 0.3) is 0 Å². The zero-order valence-electron chi connectivity index (χ0n) is 21.9. The molecule has 1 aromatic carbocycles. The van der Waals surface area contributed by atoms with E-state index >= 15 is 0 Å². The summed E-state index contributed by atoms with van der Waals surface area (Å²) in [5.41, 5.74) is 4.79. The lowest BCUT2D eigenvalue weighted by atomic mass is 10.0. The van der Waals surface area contributed by atoms with E-state index in [2.05, 4.69) is 60.0 Å². The monoisotopic (exact) mass is 482 g/mol. The summed E-state index contributed by atoms with van der Waals surface area (Å²) in [6.07, 6.45) is 11.5. The maximum absolute atomic E-state index is 12.5. The van der Waals surface area contributed by atoms with Crippen LogP contribution in [0.15, 0.2) is 114 Å². The summed E-state index contributed by atoms with van der Waals surface area (Å²) in [5, 5.41) is 6.73. The number of allylic oxidation sites excluding steroid dienone is 7. The first-order valence-corrected chi connectivity index (χ1v) is 12.2. The number of nitrogens with one attached hydrogen (secondary N) is 2. The Labute approximate surface area is 216 Å². The van der Waals surface area contributed by atoms with Crippen LogP contribution in [0.1, 0.15) is 50.9 Å². The highest BCUT2D eigenvalue weighted by molar-refractivity contribution is 6.13. The molecule has 0 saturated carbocycles. The van der Waals surface area contributed by atoms with E-state index in [1.165, 1.54) is 18.1 Å². The minimum atomic E-state index is -0.0799. The summed E-state index contributed by atoms with van der Waals surface area (Å²) >= 11 is 0. The van der Waals surface area contributed by atoms with Crippen molar-refractivity contribution >= 4 is 17.3 Å². The van der Waals surface area contributed by atoms with Crippen LogP contribution < -0.4 is 10.6 Å². The molecule has 1 unspecified atom stereocenters. The van der Waals surface area contributed by atoms with Crippen LogP contribution in [0.4, 0.5) is 5.82 Å². The smallest absolute Gasteiger partial charge is 0.161 e. The van der Waals surface area contributed by atoms with E-state index in [0.717, 1.165) is 18.7 Å². The van der Waals surface area contributed by atoms with Gasteiger partial charge in [-0.05, 0) is 57.4 Å². The number of aromatic nitrogens is 1. The van der Waals surface area contributed by atoms with Crippen molar-refractivity contribution < 1.29 is 4.79 Å². The predicted octanol–water partition coefficient (Wildman–Crippen LogP) is 6.76. The third-order valence-corrected chi connectivity index (χ3v) is 5.70. The Morgan fingerprint density at radius 2 is 1.92 bits per heavy atom. The van der Waals surface area contributed by atoms with Gasteiger partial charge in [-0.2, -0.15) is 0 Å². The maximum atomic E-state index is 12.5. The van der Waals surface area contributed by atoms with Crippen LogP contribution in [0.25, 0.3) is 0 Å². The second-order valence-electron chi connectivity index (χ2n) is 8.38. The van der Waals surface area contributed by atoms with E-state index in [-0.39, 0.29) is 11.8 Å². The van der Waals surface area contributed by atoms with Crippen LogP contribution in [-0.2, 0) is 4.79 Å². The Morgan fingerprint density at radius 3 is 2.56 bits per heavy atom.